The van der Waals surface area contributed by atoms with E-state index in [-0.39, 0.29) is 0 Å². The number of methoxy groups -OCH3 is 1. The fourth-order valence-corrected chi connectivity index (χ4v) is 1.72. The van der Waals surface area contributed by atoms with Crippen molar-refractivity contribution in [3.63, 3.8) is 0 Å². The van der Waals surface area contributed by atoms with Crippen LogP contribution in [0.3, 0.4) is 0 Å². The summed E-state index contributed by atoms with van der Waals surface area (Å²) in [5, 5.41) is 3.61. The quantitative estimate of drug-likeness (QED) is 0.766. The van der Waals surface area contributed by atoms with E-state index in [0.29, 0.717) is 36.1 Å². The monoisotopic (exact) mass is 261 g/mol. The van der Waals surface area contributed by atoms with E-state index in [1.807, 2.05) is 13.1 Å². The number of ether oxygens (including phenoxy) is 2. The third-order valence-electron chi connectivity index (χ3n) is 2.21. The van der Waals surface area contributed by atoms with Gasteiger partial charge >= 0.3 is 0 Å². The summed E-state index contributed by atoms with van der Waals surface area (Å²) < 4.78 is 22.8. The van der Waals surface area contributed by atoms with Crippen LogP contribution in [0.5, 0.6) is 11.5 Å². The van der Waals surface area contributed by atoms with Gasteiger partial charge in [-0.3, -0.25) is 4.39 Å². The number of hydrogen-bond acceptors (Lipinski definition) is 3. The smallest absolute Gasteiger partial charge is 0.165 e. The van der Waals surface area contributed by atoms with Gasteiger partial charge < -0.3 is 14.8 Å². The van der Waals surface area contributed by atoms with Gasteiger partial charge in [0.2, 0.25) is 0 Å². The van der Waals surface area contributed by atoms with E-state index in [2.05, 4.69) is 5.32 Å². The average Bonchev–Trinajstić information content (AvgIpc) is 2.31. The van der Waals surface area contributed by atoms with Crippen LogP contribution >= 0.6 is 11.6 Å². The second-order valence-electron chi connectivity index (χ2n) is 3.52. The van der Waals surface area contributed by atoms with Crippen LogP contribution in [0.15, 0.2) is 12.1 Å². The van der Waals surface area contributed by atoms with E-state index in [9.17, 15) is 4.39 Å². The molecule has 1 aromatic rings. The predicted molar refractivity (Wildman–Crippen MR) is 66.9 cm³/mol. The largest absolute Gasteiger partial charge is 0.493 e. The Hall–Kier alpha value is -1.00. The van der Waals surface area contributed by atoms with E-state index in [0.717, 1.165) is 5.56 Å². The van der Waals surface area contributed by atoms with Gasteiger partial charge in [-0.25, -0.2) is 0 Å². The molecular formula is C12H17ClFNO2. The summed E-state index contributed by atoms with van der Waals surface area (Å²) >= 11 is 5.97. The van der Waals surface area contributed by atoms with Crippen LogP contribution in [-0.4, -0.2) is 27.4 Å². The van der Waals surface area contributed by atoms with Gasteiger partial charge in [0.05, 0.1) is 20.4 Å². The zero-order chi connectivity index (χ0) is 12.7. The summed E-state index contributed by atoms with van der Waals surface area (Å²) in [6.45, 7) is 0.546. The molecule has 1 N–H and O–H groups in total. The van der Waals surface area contributed by atoms with Crippen molar-refractivity contribution in [3.8, 4) is 11.5 Å². The van der Waals surface area contributed by atoms with E-state index < -0.39 is 6.67 Å². The van der Waals surface area contributed by atoms with Crippen molar-refractivity contribution in [1.29, 1.82) is 0 Å². The van der Waals surface area contributed by atoms with Crippen molar-refractivity contribution in [2.45, 2.75) is 13.0 Å². The predicted octanol–water partition coefficient (Wildman–Crippen LogP) is 2.81. The van der Waals surface area contributed by atoms with E-state index in [4.69, 9.17) is 21.1 Å². The van der Waals surface area contributed by atoms with Gasteiger partial charge in [0.25, 0.3) is 0 Å². The minimum absolute atomic E-state index is 0.325. The fourth-order valence-electron chi connectivity index (χ4n) is 1.49. The molecule has 5 heteroatoms. The molecule has 0 aliphatic heterocycles. The van der Waals surface area contributed by atoms with Crippen LogP contribution in [0.25, 0.3) is 0 Å². The van der Waals surface area contributed by atoms with Gasteiger partial charge in [-0.1, -0.05) is 11.6 Å². The fraction of sp³-hybridized carbons (Fsp3) is 0.500. The van der Waals surface area contributed by atoms with E-state index in [1.54, 1.807) is 13.2 Å². The van der Waals surface area contributed by atoms with Crippen LogP contribution < -0.4 is 14.8 Å². The zero-order valence-corrected chi connectivity index (χ0v) is 10.8. The summed E-state index contributed by atoms with van der Waals surface area (Å²) in [4.78, 5) is 0. The van der Waals surface area contributed by atoms with Crippen molar-refractivity contribution in [1.82, 2.24) is 5.32 Å². The summed E-state index contributed by atoms with van der Waals surface area (Å²) in [7, 11) is 3.38. The van der Waals surface area contributed by atoms with Crippen LogP contribution in [0.4, 0.5) is 4.39 Å². The molecule has 0 aliphatic rings. The van der Waals surface area contributed by atoms with Gasteiger partial charge in [0.15, 0.2) is 11.5 Å². The first-order valence-electron chi connectivity index (χ1n) is 5.42. The highest BCUT2D eigenvalue weighted by molar-refractivity contribution is 6.30. The normalized spacial score (nSPS) is 10.4. The third-order valence-corrected chi connectivity index (χ3v) is 2.43. The average molecular weight is 262 g/mol. The van der Waals surface area contributed by atoms with Gasteiger partial charge in [-0.05, 0) is 13.1 Å². The lowest BCUT2D eigenvalue weighted by molar-refractivity contribution is 0.271. The van der Waals surface area contributed by atoms with Crippen LogP contribution in [0, 0.1) is 0 Å². The third kappa shape index (κ3) is 4.06. The first-order valence-corrected chi connectivity index (χ1v) is 5.80. The van der Waals surface area contributed by atoms with Crippen molar-refractivity contribution < 1.29 is 13.9 Å². The Balaban J connectivity index is 2.94. The lowest BCUT2D eigenvalue weighted by atomic mass is 10.2. The molecule has 0 bridgehead atoms. The summed E-state index contributed by atoms with van der Waals surface area (Å²) in [5.74, 6) is 1.20. The molecule has 96 valence electrons. The molecule has 0 atom stereocenters. The molecule has 3 nitrogen and oxygen atoms in total. The Labute approximate surface area is 106 Å². The zero-order valence-electron chi connectivity index (χ0n) is 10.1. The first kappa shape index (κ1) is 14.1. The molecule has 1 rings (SSSR count). The maximum absolute atomic E-state index is 12.0. The molecule has 1 aromatic carbocycles. The van der Waals surface area contributed by atoms with Crippen molar-refractivity contribution in [2.24, 2.45) is 0 Å². The molecule has 0 spiro atoms. The Morgan fingerprint density at radius 3 is 2.76 bits per heavy atom. The lowest BCUT2D eigenvalue weighted by Gasteiger charge is -2.15. The second kappa shape index (κ2) is 7.35. The number of benzene rings is 1. The highest BCUT2D eigenvalue weighted by Crippen LogP contribution is 2.34. The Kier molecular flexibility index (Phi) is 6.08. The molecule has 0 aromatic heterocycles. The Bertz CT molecular complexity index is 361. The molecule has 0 unspecified atom stereocenters. The van der Waals surface area contributed by atoms with E-state index in [1.165, 1.54) is 0 Å². The Morgan fingerprint density at radius 1 is 1.41 bits per heavy atom. The van der Waals surface area contributed by atoms with Gasteiger partial charge in [0.1, 0.15) is 0 Å². The molecule has 0 amide bonds. The van der Waals surface area contributed by atoms with Crippen molar-refractivity contribution in [2.75, 3.05) is 27.4 Å². The first-order chi connectivity index (χ1) is 8.22. The summed E-state index contributed by atoms with van der Waals surface area (Å²) in [6.07, 6.45) is 0.366. The molecule has 0 radical (unpaired) electrons. The van der Waals surface area contributed by atoms with Crippen LogP contribution in [0.1, 0.15) is 12.0 Å². The summed E-state index contributed by atoms with van der Waals surface area (Å²) in [5.41, 5.74) is 0.899. The number of hydrogen-bond donors (Lipinski definition) is 1. The Morgan fingerprint density at radius 2 is 2.18 bits per heavy atom. The minimum atomic E-state index is -0.392. The number of rotatable bonds is 7. The van der Waals surface area contributed by atoms with Crippen LogP contribution in [-0.2, 0) is 6.54 Å². The van der Waals surface area contributed by atoms with Crippen molar-refractivity contribution in [3.05, 3.63) is 22.7 Å². The molecule has 0 fully saturated rings. The molecule has 0 saturated carbocycles. The van der Waals surface area contributed by atoms with E-state index >= 15 is 0 Å². The minimum Gasteiger partial charge on any atom is -0.493 e. The molecule has 0 aliphatic carbocycles. The molecular weight excluding hydrogens is 245 g/mol. The highest BCUT2D eigenvalue weighted by Gasteiger charge is 2.12. The van der Waals surface area contributed by atoms with Crippen molar-refractivity contribution >= 4 is 11.6 Å². The highest BCUT2D eigenvalue weighted by atomic mass is 35.5. The SMILES string of the molecule is CNCc1cc(Cl)cc(OC)c1OCCCF. The molecule has 0 saturated heterocycles. The van der Waals surface area contributed by atoms with Gasteiger partial charge in [-0.2, -0.15) is 0 Å². The lowest BCUT2D eigenvalue weighted by Crippen LogP contribution is -2.09. The topological polar surface area (TPSA) is 30.5 Å². The van der Waals surface area contributed by atoms with Gasteiger partial charge in [-0.15, -0.1) is 0 Å². The molecule has 17 heavy (non-hydrogen) atoms. The number of alkyl halides is 1. The number of halogens is 2. The van der Waals surface area contributed by atoms with Crippen LogP contribution in [0.2, 0.25) is 5.02 Å². The van der Waals surface area contributed by atoms with Gasteiger partial charge in [0, 0.05) is 29.6 Å². The standard InChI is InChI=1S/C12H17ClFNO2/c1-15-8-9-6-10(13)7-11(16-2)12(9)17-5-3-4-14/h6-7,15H,3-5,8H2,1-2H3. The number of nitrogens with one attached hydrogen (secondary N) is 1. The maximum atomic E-state index is 12.0. The maximum Gasteiger partial charge on any atom is 0.165 e. The molecule has 0 heterocycles. The second-order valence-corrected chi connectivity index (χ2v) is 3.95. The summed E-state index contributed by atoms with van der Waals surface area (Å²) in [6, 6.07) is 3.50.